The van der Waals surface area contributed by atoms with E-state index in [4.69, 9.17) is 31.9 Å². The molecule has 0 aliphatic carbocycles. The van der Waals surface area contributed by atoms with Crippen LogP contribution in [0.3, 0.4) is 0 Å². The molecule has 0 aliphatic heterocycles. The summed E-state index contributed by atoms with van der Waals surface area (Å²) < 4.78 is 10.7. The van der Waals surface area contributed by atoms with Gasteiger partial charge in [-0.15, -0.1) is 0 Å². The van der Waals surface area contributed by atoms with Crippen LogP contribution in [0.4, 0.5) is 0 Å². The Hall–Kier alpha value is -1.46. The van der Waals surface area contributed by atoms with E-state index in [0.717, 1.165) is 12.0 Å². The van der Waals surface area contributed by atoms with Gasteiger partial charge in [0.15, 0.2) is 17.6 Å². The highest BCUT2D eigenvalue weighted by Crippen LogP contribution is 2.36. The summed E-state index contributed by atoms with van der Waals surface area (Å²) in [6.45, 7) is 3.44. The van der Waals surface area contributed by atoms with Crippen LogP contribution < -0.4 is 15.2 Å². The molecule has 20 heavy (non-hydrogen) atoms. The van der Waals surface area contributed by atoms with Crippen LogP contribution in [0.2, 0.25) is 5.02 Å². The van der Waals surface area contributed by atoms with E-state index in [-0.39, 0.29) is 6.04 Å². The average molecular weight is 302 g/mol. The number of methoxy groups -OCH3 is 1. The van der Waals surface area contributed by atoms with Crippen molar-refractivity contribution in [2.75, 3.05) is 7.11 Å². The van der Waals surface area contributed by atoms with E-state index in [9.17, 15) is 4.79 Å². The first-order chi connectivity index (χ1) is 9.38. The van der Waals surface area contributed by atoms with Gasteiger partial charge in [0.1, 0.15) is 0 Å². The molecule has 0 aromatic heterocycles. The number of rotatable bonds is 7. The minimum Gasteiger partial charge on any atom is -0.493 e. The summed E-state index contributed by atoms with van der Waals surface area (Å²) in [6, 6.07) is 3.26. The molecule has 0 fully saturated rings. The fraction of sp³-hybridized carbons (Fsp3) is 0.500. The number of carbonyl (C=O) groups is 1. The lowest BCUT2D eigenvalue weighted by Crippen LogP contribution is -2.25. The van der Waals surface area contributed by atoms with Crippen LogP contribution in [0.1, 0.15) is 25.8 Å². The van der Waals surface area contributed by atoms with Crippen molar-refractivity contribution in [3.63, 3.8) is 0 Å². The maximum absolute atomic E-state index is 10.9. The van der Waals surface area contributed by atoms with Crippen molar-refractivity contribution in [3.05, 3.63) is 22.7 Å². The van der Waals surface area contributed by atoms with Gasteiger partial charge in [-0.05, 0) is 25.8 Å². The van der Waals surface area contributed by atoms with E-state index in [0.29, 0.717) is 22.9 Å². The first-order valence-electron chi connectivity index (χ1n) is 6.40. The predicted molar refractivity (Wildman–Crippen MR) is 77.7 cm³/mol. The molecule has 0 saturated heterocycles. The van der Waals surface area contributed by atoms with E-state index in [2.05, 4.69) is 0 Å². The summed E-state index contributed by atoms with van der Waals surface area (Å²) in [7, 11) is 1.48. The molecule has 0 bridgehead atoms. The number of carboxylic acid groups (broad SMARTS) is 1. The molecule has 0 amide bonds. The molecule has 0 spiro atoms. The van der Waals surface area contributed by atoms with E-state index in [1.165, 1.54) is 14.0 Å². The van der Waals surface area contributed by atoms with Crippen LogP contribution in [0.15, 0.2) is 12.1 Å². The third-order valence-electron chi connectivity index (χ3n) is 2.97. The van der Waals surface area contributed by atoms with Crippen molar-refractivity contribution in [2.45, 2.75) is 38.8 Å². The zero-order valence-electron chi connectivity index (χ0n) is 11.9. The molecule has 1 rings (SSSR count). The Morgan fingerprint density at radius 3 is 2.65 bits per heavy atom. The highest BCUT2D eigenvalue weighted by molar-refractivity contribution is 6.30. The number of benzene rings is 1. The van der Waals surface area contributed by atoms with Gasteiger partial charge in [0.2, 0.25) is 0 Å². The Morgan fingerprint density at radius 2 is 2.15 bits per heavy atom. The summed E-state index contributed by atoms with van der Waals surface area (Å²) in [4.78, 5) is 10.9. The van der Waals surface area contributed by atoms with Gasteiger partial charge in [-0.1, -0.05) is 18.5 Å². The fourth-order valence-electron chi connectivity index (χ4n) is 1.71. The van der Waals surface area contributed by atoms with Gasteiger partial charge in [0.25, 0.3) is 0 Å². The first-order valence-corrected chi connectivity index (χ1v) is 6.78. The predicted octanol–water partition coefficient (Wildman–Crippen LogP) is 2.48. The first kappa shape index (κ1) is 16.6. The zero-order chi connectivity index (χ0) is 15.3. The van der Waals surface area contributed by atoms with Gasteiger partial charge in [0, 0.05) is 22.7 Å². The van der Waals surface area contributed by atoms with Crippen LogP contribution in [-0.4, -0.2) is 30.3 Å². The second kappa shape index (κ2) is 7.36. The van der Waals surface area contributed by atoms with Crippen molar-refractivity contribution in [3.8, 4) is 11.5 Å². The lowest BCUT2D eigenvalue weighted by atomic mass is 10.0. The smallest absolute Gasteiger partial charge is 0.344 e. The normalized spacial score (nSPS) is 13.7. The Labute approximate surface area is 123 Å². The lowest BCUT2D eigenvalue weighted by molar-refractivity contribution is -0.144. The van der Waals surface area contributed by atoms with Crippen molar-refractivity contribution in [1.29, 1.82) is 0 Å². The number of hydrogen-bond donors (Lipinski definition) is 2. The summed E-state index contributed by atoms with van der Waals surface area (Å²) in [5.41, 5.74) is 6.70. The molecule has 2 atom stereocenters. The van der Waals surface area contributed by atoms with Gasteiger partial charge < -0.3 is 20.3 Å². The van der Waals surface area contributed by atoms with Gasteiger partial charge in [-0.2, -0.15) is 0 Å². The number of hydrogen-bond acceptors (Lipinski definition) is 4. The van der Waals surface area contributed by atoms with Gasteiger partial charge in [-0.25, -0.2) is 4.79 Å². The minimum atomic E-state index is -1.05. The minimum absolute atomic E-state index is 0.0549. The number of carboxylic acids is 1. The van der Waals surface area contributed by atoms with E-state index in [1.54, 1.807) is 12.1 Å². The maximum atomic E-state index is 10.9. The topological polar surface area (TPSA) is 81.8 Å². The van der Waals surface area contributed by atoms with E-state index in [1.807, 2.05) is 6.92 Å². The molecule has 1 aromatic rings. The Bertz CT molecular complexity index is 478. The molecule has 2 unspecified atom stereocenters. The van der Waals surface area contributed by atoms with E-state index >= 15 is 0 Å². The number of ether oxygens (including phenoxy) is 2. The van der Waals surface area contributed by atoms with Crippen LogP contribution in [0.5, 0.6) is 11.5 Å². The largest absolute Gasteiger partial charge is 0.493 e. The van der Waals surface area contributed by atoms with Gasteiger partial charge in [0.05, 0.1) is 7.11 Å². The van der Waals surface area contributed by atoms with Crippen LogP contribution >= 0.6 is 11.6 Å². The Kier molecular flexibility index (Phi) is 6.10. The quantitative estimate of drug-likeness (QED) is 0.808. The molecule has 5 nitrogen and oxygen atoms in total. The Balaban J connectivity index is 3.18. The molecular weight excluding hydrogens is 282 g/mol. The number of halogens is 1. The summed E-state index contributed by atoms with van der Waals surface area (Å²) >= 11 is 6.03. The molecule has 0 heterocycles. The zero-order valence-corrected chi connectivity index (χ0v) is 12.6. The monoisotopic (exact) mass is 301 g/mol. The standard InChI is InChI=1S/C14H20ClNO4/c1-4-11(16)6-9-5-10(15)7-12(19-3)13(9)20-8(2)14(17)18/h5,7-8,11H,4,6,16H2,1-3H3,(H,17,18). The highest BCUT2D eigenvalue weighted by atomic mass is 35.5. The van der Waals surface area contributed by atoms with Crippen LogP contribution in [-0.2, 0) is 11.2 Å². The third-order valence-corrected chi connectivity index (χ3v) is 3.18. The molecule has 3 N–H and O–H groups in total. The summed E-state index contributed by atoms with van der Waals surface area (Å²) in [6.07, 6.45) is 0.347. The molecule has 0 saturated carbocycles. The van der Waals surface area contributed by atoms with Crippen molar-refractivity contribution < 1.29 is 19.4 Å². The fourth-order valence-corrected chi connectivity index (χ4v) is 1.94. The molecule has 0 radical (unpaired) electrons. The lowest BCUT2D eigenvalue weighted by Gasteiger charge is -2.19. The van der Waals surface area contributed by atoms with Gasteiger partial charge >= 0.3 is 5.97 Å². The average Bonchev–Trinajstić information content (AvgIpc) is 2.40. The van der Waals surface area contributed by atoms with Crippen LogP contribution in [0.25, 0.3) is 0 Å². The second-order valence-electron chi connectivity index (χ2n) is 4.57. The maximum Gasteiger partial charge on any atom is 0.344 e. The molecule has 112 valence electrons. The van der Waals surface area contributed by atoms with Crippen molar-refractivity contribution in [2.24, 2.45) is 5.73 Å². The van der Waals surface area contributed by atoms with Gasteiger partial charge in [-0.3, -0.25) is 0 Å². The summed E-state index contributed by atoms with van der Waals surface area (Å²) in [5.74, 6) is -0.257. The van der Waals surface area contributed by atoms with Crippen molar-refractivity contribution >= 4 is 17.6 Å². The van der Waals surface area contributed by atoms with Crippen molar-refractivity contribution in [1.82, 2.24) is 0 Å². The highest BCUT2D eigenvalue weighted by Gasteiger charge is 2.20. The Morgan fingerprint density at radius 1 is 1.50 bits per heavy atom. The van der Waals surface area contributed by atoms with Crippen LogP contribution in [0, 0.1) is 0 Å². The number of nitrogens with two attached hydrogens (primary N) is 1. The second-order valence-corrected chi connectivity index (χ2v) is 5.00. The van der Waals surface area contributed by atoms with E-state index < -0.39 is 12.1 Å². The molecular formula is C14H20ClNO4. The third kappa shape index (κ3) is 4.28. The summed E-state index contributed by atoms with van der Waals surface area (Å²) in [5, 5.41) is 9.46. The molecule has 0 aliphatic rings. The molecule has 6 heteroatoms. The number of aliphatic carboxylic acids is 1. The molecule has 1 aromatic carbocycles. The SMILES string of the molecule is CCC(N)Cc1cc(Cl)cc(OC)c1OC(C)C(=O)O.